The van der Waals surface area contributed by atoms with E-state index >= 15 is 0 Å². The molecule has 0 amide bonds. The molecule has 0 aromatic heterocycles. The maximum Gasteiger partial charge on any atom is 0.102 e. The Morgan fingerprint density at radius 1 is 0.290 bits per heavy atom. The number of aliphatic hydroxyl groups is 6. The van der Waals surface area contributed by atoms with E-state index in [2.05, 4.69) is 41.5 Å². The average molecular weight is 918 g/mol. The SMILES string of the molecule is CCCCCCCCCC[N+](CC)(CCO)CCO.CCCCCCCCCC[N+](CC)(CCO)CCO.CCCCCCCCCC[N+](CC)(CCO)CCO.O=P([O-])([O-])[O-]. The number of aliphatic hydroxyl groups excluding tert-OH is 6. The van der Waals surface area contributed by atoms with Crippen molar-refractivity contribution < 1.29 is 63.3 Å². The van der Waals surface area contributed by atoms with Crippen LogP contribution in [-0.2, 0) is 4.57 Å². The molecule has 0 aliphatic carbocycles. The van der Waals surface area contributed by atoms with E-state index in [-0.39, 0.29) is 39.6 Å². The Morgan fingerprint density at radius 2 is 0.435 bits per heavy atom. The van der Waals surface area contributed by atoms with E-state index in [0.717, 1.165) is 92.0 Å². The van der Waals surface area contributed by atoms with Gasteiger partial charge in [-0.05, 0) is 59.3 Å². The zero-order valence-corrected chi connectivity index (χ0v) is 42.7. The van der Waals surface area contributed by atoms with E-state index in [4.69, 9.17) is 19.2 Å². The molecule has 62 heavy (non-hydrogen) atoms. The molecule has 0 fully saturated rings. The van der Waals surface area contributed by atoms with Crippen molar-refractivity contribution in [3.63, 3.8) is 0 Å². The van der Waals surface area contributed by atoms with Gasteiger partial charge in [0, 0.05) is 0 Å². The summed E-state index contributed by atoms with van der Waals surface area (Å²) in [5.41, 5.74) is 0. The second-order valence-corrected chi connectivity index (χ2v) is 18.6. The average Bonchev–Trinajstić information content (AvgIpc) is 3.24. The molecule has 380 valence electrons. The van der Waals surface area contributed by atoms with Gasteiger partial charge in [0.15, 0.2) is 0 Å². The summed E-state index contributed by atoms with van der Waals surface area (Å²) in [4.78, 5) is 25.6. The van der Waals surface area contributed by atoms with Crippen LogP contribution in [0, 0.1) is 0 Å². The highest BCUT2D eigenvalue weighted by molar-refractivity contribution is 7.40. The van der Waals surface area contributed by atoms with Crippen molar-refractivity contribution in [2.24, 2.45) is 0 Å². The Hall–Kier alpha value is -0.250. The van der Waals surface area contributed by atoms with Crippen LogP contribution in [0.3, 0.4) is 0 Å². The second-order valence-electron chi connectivity index (χ2n) is 17.7. The fraction of sp³-hybridized carbons (Fsp3) is 1.00. The number of hydrogen-bond acceptors (Lipinski definition) is 10. The number of hydrogen-bond donors (Lipinski definition) is 6. The maximum absolute atomic E-state index is 9.19. The summed E-state index contributed by atoms with van der Waals surface area (Å²) in [6.45, 7) is 25.7. The lowest BCUT2D eigenvalue weighted by molar-refractivity contribution is -0.927. The Balaban J connectivity index is -0.000000385. The zero-order valence-electron chi connectivity index (χ0n) is 41.8. The molecule has 0 heterocycles. The third-order valence-electron chi connectivity index (χ3n) is 12.9. The van der Waals surface area contributed by atoms with Gasteiger partial charge in [0.2, 0.25) is 0 Å². The van der Waals surface area contributed by atoms with Crippen molar-refractivity contribution >= 4 is 7.82 Å². The molecule has 14 heteroatoms. The first kappa shape index (κ1) is 68.3. The van der Waals surface area contributed by atoms with E-state index in [0.29, 0.717) is 0 Å². The highest BCUT2D eigenvalue weighted by Gasteiger charge is 2.25. The fourth-order valence-corrected chi connectivity index (χ4v) is 8.45. The smallest absolute Gasteiger partial charge is 0.102 e. The van der Waals surface area contributed by atoms with Gasteiger partial charge in [0.1, 0.15) is 39.3 Å². The lowest BCUT2D eigenvalue weighted by Crippen LogP contribution is -2.52. The molecule has 0 aliphatic heterocycles. The minimum atomic E-state index is -5.39. The van der Waals surface area contributed by atoms with Gasteiger partial charge in [-0.25, -0.2) is 0 Å². The van der Waals surface area contributed by atoms with Crippen LogP contribution in [0.4, 0.5) is 0 Å². The highest BCUT2D eigenvalue weighted by Crippen LogP contribution is 2.16. The predicted molar refractivity (Wildman–Crippen MR) is 254 cm³/mol. The number of likely N-dealkylation sites (N-methyl/N-ethyl adjacent to an activating group) is 3. The Kier molecular flexibility index (Phi) is 55.3. The molecule has 0 saturated carbocycles. The molecule has 0 rings (SSSR count). The van der Waals surface area contributed by atoms with Crippen LogP contribution in [0.2, 0.25) is 0 Å². The van der Waals surface area contributed by atoms with Crippen LogP contribution in [0.25, 0.3) is 0 Å². The lowest BCUT2D eigenvalue weighted by Gasteiger charge is -2.37. The topological polar surface area (TPSA) is 208 Å². The molecule has 0 saturated heterocycles. The summed E-state index contributed by atoms with van der Waals surface area (Å²) in [6.07, 6.45) is 32.1. The maximum atomic E-state index is 9.19. The van der Waals surface area contributed by atoms with Crippen LogP contribution in [0.1, 0.15) is 196 Å². The largest absolute Gasteiger partial charge is 0.822 e. The summed E-state index contributed by atoms with van der Waals surface area (Å²) in [6, 6.07) is 0. The van der Waals surface area contributed by atoms with Gasteiger partial charge in [-0.3, -0.25) is 0 Å². The van der Waals surface area contributed by atoms with E-state index in [1.807, 2.05) is 0 Å². The van der Waals surface area contributed by atoms with E-state index in [9.17, 15) is 30.6 Å². The van der Waals surface area contributed by atoms with Gasteiger partial charge in [-0.2, -0.15) is 7.82 Å². The van der Waals surface area contributed by atoms with Gasteiger partial charge in [0.05, 0.1) is 78.9 Å². The van der Waals surface area contributed by atoms with E-state index in [1.165, 1.54) is 154 Å². The summed E-state index contributed by atoms with van der Waals surface area (Å²) in [5.74, 6) is 0. The van der Waals surface area contributed by atoms with Gasteiger partial charge < -0.3 is 63.3 Å². The third-order valence-corrected chi connectivity index (χ3v) is 12.9. The number of nitrogens with zero attached hydrogens (tertiary/aromatic N) is 3. The Bertz CT molecular complexity index is 782. The van der Waals surface area contributed by atoms with Crippen molar-refractivity contribution in [1.82, 2.24) is 0 Å². The van der Waals surface area contributed by atoms with Crippen molar-refractivity contribution in [2.75, 3.05) is 118 Å². The third kappa shape index (κ3) is 47.7. The van der Waals surface area contributed by atoms with Crippen LogP contribution in [0.5, 0.6) is 0 Å². The van der Waals surface area contributed by atoms with Crippen molar-refractivity contribution in [3.05, 3.63) is 0 Å². The first-order valence-corrected chi connectivity index (χ1v) is 27.1. The normalized spacial score (nSPS) is 12.0. The van der Waals surface area contributed by atoms with Crippen LogP contribution >= 0.6 is 7.82 Å². The van der Waals surface area contributed by atoms with Gasteiger partial charge in [-0.1, -0.05) is 136 Å². The van der Waals surface area contributed by atoms with Gasteiger partial charge in [0.25, 0.3) is 0 Å². The molecule has 13 nitrogen and oxygen atoms in total. The molecule has 0 radical (unpaired) electrons. The second kappa shape index (κ2) is 50.2. The molecule has 0 aliphatic rings. The molecule has 0 aromatic carbocycles. The number of unbranched alkanes of at least 4 members (excludes halogenated alkanes) is 21. The van der Waals surface area contributed by atoms with Gasteiger partial charge >= 0.3 is 0 Å². The van der Waals surface area contributed by atoms with Crippen molar-refractivity contribution in [2.45, 2.75) is 196 Å². The lowest BCUT2D eigenvalue weighted by atomic mass is 10.1. The van der Waals surface area contributed by atoms with Crippen LogP contribution < -0.4 is 14.7 Å². The molecule has 0 atom stereocenters. The molecule has 0 aromatic rings. The number of phosphoric acid groups is 1. The fourth-order valence-electron chi connectivity index (χ4n) is 8.45. The zero-order chi connectivity index (χ0) is 47.7. The molecular formula is C48H108N3O10P. The molecule has 0 spiro atoms. The summed E-state index contributed by atoms with van der Waals surface area (Å²) >= 11 is 0. The van der Waals surface area contributed by atoms with Gasteiger partial charge in [-0.15, -0.1) is 0 Å². The predicted octanol–water partition coefficient (Wildman–Crippen LogP) is 6.02. The summed E-state index contributed by atoms with van der Waals surface area (Å²) in [7, 11) is -5.39. The summed E-state index contributed by atoms with van der Waals surface area (Å²) in [5, 5.41) is 55.1. The minimum absolute atomic E-state index is 0.227. The van der Waals surface area contributed by atoms with Crippen LogP contribution in [0.15, 0.2) is 0 Å². The number of rotatable bonds is 42. The van der Waals surface area contributed by atoms with E-state index in [1.54, 1.807) is 0 Å². The number of quaternary nitrogens is 3. The first-order chi connectivity index (χ1) is 29.7. The summed E-state index contributed by atoms with van der Waals surface area (Å²) < 4.78 is 11.2. The van der Waals surface area contributed by atoms with E-state index < -0.39 is 7.82 Å². The standard InChI is InChI=1S/3C16H36NO2.H3O4P/c3*1-3-5-6-7-8-9-10-11-12-17(4-2,13-15-18)14-16-19;1-5(2,3)4/h3*18-19H,3-16H2,1-2H3;(H3,1,2,3,4)/q3*+1;/p-3. The minimum Gasteiger partial charge on any atom is -0.822 e. The Morgan fingerprint density at radius 3 is 0.565 bits per heavy atom. The molecule has 0 unspecified atom stereocenters. The van der Waals surface area contributed by atoms with Crippen molar-refractivity contribution in [1.29, 1.82) is 0 Å². The highest BCUT2D eigenvalue weighted by atomic mass is 31.2. The van der Waals surface area contributed by atoms with Crippen molar-refractivity contribution in [3.8, 4) is 0 Å². The monoisotopic (exact) mass is 918 g/mol. The molecular weight excluding hydrogens is 810 g/mol. The molecule has 6 N–H and O–H groups in total. The Labute approximate surface area is 384 Å². The first-order valence-electron chi connectivity index (χ1n) is 25.7. The quantitative estimate of drug-likeness (QED) is 0.0239. The van der Waals surface area contributed by atoms with Crippen LogP contribution in [-0.4, -0.2) is 162 Å². The molecule has 0 bridgehead atoms.